The summed E-state index contributed by atoms with van der Waals surface area (Å²) in [5.41, 5.74) is 0.378. The van der Waals surface area contributed by atoms with Gasteiger partial charge in [-0.3, -0.25) is 14.0 Å². The summed E-state index contributed by atoms with van der Waals surface area (Å²) in [6.45, 7) is 7.75. The molecule has 1 aliphatic rings. The first-order chi connectivity index (χ1) is 11.9. The van der Waals surface area contributed by atoms with Crippen LogP contribution in [0.5, 0.6) is 0 Å². The standard InChI is InChI=1S/C18H22N4O2S/c1-11-6-12(2)9-20(8-11)16(23)10-21-17(24)15-7-14-4-5-25-18(14)22(15)13(3)19-21/h4-5,7,11-12H,6,8-10H2,1-3H3/t11-,12-/m0/s1. The van der Waals surface area contributed by atoms with E-state index in [-0.39, 0.29) is 18.0 Å². The lowest BCUT2D eigenvalue weighted by Gasteiger charge is -2.35. The van der Waals surface area contributed by atoms with Crippen LogP contribution in [-0.2, 0) is 11.3 Å². The summed E-state index contributed by atoms with van der Waals surface area (Å²) in [7, 11) is 0. The molecular weight excluding hydrogens is 336 g/mol. The highest BCUT2D eigenvalue weighted by molar-refractivity contribution is 7.16. The number of carbonyl (C=O) groups is 1. The number of fused-ring (bicyclic) bond motifs is 3. The summed E-state index contributed by atoms with van der Waals surface area (Å²) >= 11 is 1.59. The van der Waals surface area contributed by atoms with Crippen LogP contribution in [-0.4, -0.2) is 38.1 Å². The van der Waals surface area contributed by atoms with Gasteiger partial charge in [0.1, 0.15) is 22.7 Å². The summed E-state index contributed by atoms with van der Waals surface area (Å²) in [5, 5.41) is 7.44. The Labute approximate surface area is 149 Å². The normalized spacial score (nSPS) is 21.3. The number of piperidine rings is 1. The number of likely N-dealkylation sites (tertiary alicyclic amines) is 1. The van der Waals surface area contributed by atoms with Crippen LogP contribution in [0.2, 0.25) is 0 Å². The molecule has 1 saturated heterocycles. The molecule has 3 aromatic heterocycles. The molecule has 1 amide bonds. The van der Waals surface area contributed by atoms with E-state index in [1.807, 2.05) is 33.7 Å². The Morgan fingerprint density at radius 1 is 1.32 bits per heavy atom. The highest BCUT2D eigenvalue weighted by atomic mass is 32.1. The van der Waals surface area contributed by atoms with Crippen molar-refractivity contribution in [2.45, 2.75) is 33.7 Å². The van der Waals surface area contributed by atoms with Crippen LogP contribution in [0.15, 0.2) is 22.3 Å². The van der Waals surface area contributed by atoms with Crippen LogP contribution in [0.3, 0.4) is 0 Å². The van der Waals surface area contributed by atoms with Gasteiger partial charge in [0.15, 0.2) is 0 Å². The first-order valence-corrected chi connectivity index (χ1v) is 9.56. The van der Waals surface area contributed by atoms with Crippen molar-refractivity contribution in [2.24, 2.45) is 11.8 Å². The lowest BCUT2D eigenvalue weighted by atomic mass is 9.92. The van der Waals surface area contributed by atoms with E-state index < -0.39 is 0 Å². The van der Waals surface area contributed by atoms with E-state index in [0.717, 1.165) is 35.6 Å². The van der Waals surface area contributed by atoms with Gasteiger partial charge in [-0.1, -0.05) is 13.8 Å². The third kappa shape index (κ3) is 2.76. The van der Waals surface area contributed by atoms with Gasteiger partial charge in [-0.2, -0.15) is 5.10 Å². The number of hydrogen-bond donors (Lipinski definition) is 0. The number of thiophene rings is 1. The summed E-state index contributed by atoms with van der Waals surface area (Å²) in [4.78, 5) is 28.4. The molecule has 0 aromatic carbocycles. The molecule has 2 atom stereocenters. The predicted octanol–water partition coefficient (Wildman–Crippen LogP) is 2.52. The first-order valence-electron chi connectivity index (χ1n) is 8.68. The van der Waals surface area contributed by atoms with Gasteiger partial charge in [0, 0.05) is 18.5 Å². The summed E-state index contributed by atoms with van der Waals surface area (Å²) < 4.78 is 3.20. The molecule has 0 unspecified atom stereocenters. The van der Waals surface area contributed by atoms with Crippen molar-refractivity contribution in [1.29, 1.82) is 0 Å². The molecule has 7 heteroatoms. The van der Waals surface area contributed by atoms with E-state index in [4.69, 9.17) is 0 Å². The Kier molecular flexibility index (Phi) is 3.91. The quantitative estimate of drug-likeness (QED) is 0.707. The van der Waals surface area contributed by atoms with E-state index >= 15 is 0 Å². The molecule has 0 aliphatic carbocycles. The van der Waals surface area contributed by atoms with Gasteiger partial charge in [-0.15, -0.1) is 11.3 Å². The maximum atomic E-state index is 12.8. The molecule has 132 valence electrons. The Morgan fingerprint density at radius 3 is 2.76 bits per heavy atom. The second-order valence-corrected chi connectivity index (χ2v) is 8.20. The molecule has 1 aliphatic heterocycles. The van der Waals surface area contributed by atoms with Gasteiger partial charge in [-0.25, -0.2) is 4.68 Å². The summed E-state index contributed by atoms with van der Waals surface area (Å²) in [6, 6.07) is 3.88. The maximum Gasteiger partial charge on any atom is 0.291 e. The van der Waals surface area contributed by atoms with E-state index in [2.05, 4.69) is 18.9 Å². The molecule has 0 bridgehead atoms. The number of aryl methyl sites for hydroxylation is 1. The molecular formula is C18H22N4O2S. The molecule has 1 fully saturated rings. The zero-order valence-corrected chi connectivity index (χ0v) is 15.5. The van der Waals surface area contributed by atoms with Crippen molar-refractivity contribution in [3.05, 3.63) is 33.7 Å². The van der Waals surface area contributed by atoms with E-state index in [0.29, 0.717) is 17.4 Å². The predicted molar refractivity (Wildman–Crippen MR) is 99.1 cm³/mol. The van der Waals surface area contributed by atoms with Gasteiger partial charge in [-0.05, 0) is 42.7 Å². The first kappa shape index (κ1) is 16.3. The van der Waals surface area contributed by atoms with Crippen molar-refractivity contribution in [3.63, 3.8) is 0 Å². The lowest BCUT2D eigenvalue weighted by Crippen LogP contribution is -2.45. The van der Waals surface area contributed by atoms with Crippen molar-refractivity contribution in [1.82, 2.24) is 19.1 Å². The second-order valence-electron chi connectivity index (χ2n) is 7.30. The monoisotopic (exact) mass is 358 g/mol. The summed E-state index contributed by atoms with van der Waals surface area (Å²) in [5.74, 6) is 1.70. The highest BCUT2D eigenvalue weighted by Crippen LogP contribution is 2.24. The van der Waals surface area contributed by atoms with Crippen molar-refractivity contribution in [3.8, 4) is 0 Å². The number of aromatic nitrogens is 3. The van der Waals surface area contributed by atoms with Crippen LogP contribution in [0, 0.1) is 18.8 Å². The zero-order chi connectivity index (χ0) is 17.7. The Morgan fingerprint density at radius 2 is 2.04 bits per heavy atom. The fourth-order valence-electron chi connectivity index (χ4n) is 4.00. The van der Waals surface area contributed by atoms with E-state index in [1.165, 1.54) is 4.68 Å². The number of hydrogen-bond acceptors (Lipinski definition) is 4. The Balaban J connectivity index is 1.68. The van der Waals surface area contributed by atoms with E-state index in [9.17, 15) is 9.59 Å². The van der Waals surface area contributed by atoms with Crippen LogP contribution in [0.1, 0.15) is 26.1 Å². The summed E-state index contributed by atoms with van der Waals surface area (Å²) in [6.07, 6.45) is 1.15. The van der Waals surface area contributed by atoms with Gasteiger partial charge in [0.25, 0.3) is 5.56 Å². The number of carbonyl (C=O) groups excluding carboxylic acids is 1. The molecule has 0 N–H and O–H groups in total. The maximum absolute atomic E-state index is 12.8. The van der Waals surface area contributed by atoms with Crippen molar-refractivity contribution in [2.75, 3.05) is 13.1 Å². The molecule has 25 heavy (non-hydrogen) atoms. The largest absolute Gasteiger partial charge is 0.341 e. The lowest BCUT2D eigenvalue weighted by molar-refractivity contribution is -0.134. The average molecular weight is 358 g/mol. The molecule has 0 spiro atoms. The fourth-order valence-corrected chi connectivity index (χ4v) is 4.94. The Hall–Kier alpha value is -2.15. The molecule has 6 nitrogen and oxygen atoms in total. The minimum Gasteiger partial charge on any atom is -0.341 e. The van der Waals surface area contributed by atoms with Crippen molar-refractivity contribution >= 4 is 33.0 Å². The molecule has 4 heterocycles. The fraction of sp³-hybridized carbons (Fsp3) is 0.500. The smallest absolute Gasteiger partial charge is 0.291 e. The third-order valence-electron chi connectivity index (χ3n) is 4.96. The molecule has 3 aromatic rings. The van der Waals surface area contributed by atoms with Gasteiger partial charge in [0.2, 0.25) is 5.91 Å². The van der Waals surface area contributed by atoms with Crippen LogP contribution < -0.4 is 5.56 Å². The van der Waals surface area contributed by atoms with E-state index in [1.54, 1.807) is 11.3 Å². The van der Waals surface area contributed by atoms with Gasteiger partial charge < -0.3 is 4.90 Å². The molecule has 0 radical (unpaired) electrons. The number of rotatable bonds is 2. The Bertz CT molecular complexity index is 1010. The zero-order valence-electron chi connectivity index (χ0n) is 14.7. The van der Waals surface area contributed by atoms with Crippen molar-refractivity contribution < 1.29 is 4.79 Å². The SMILES string of the molecule is Cc1nn(CC(=O)N2C[C@@H](C)C[C@H](C)C2)c(=O)c2cc3ccsc3n12. The second kappa shape index (κ2) is 5.98. The minimum atomic E-state index is -0.208. The molecule has 0 saturated carbocycles. The average Bonchev–Trinajstić information content (AvgIpc) is 3.12. The topological polar surface area (TPSA) is 59.6 Å². The van der Waals surface area contributed by atoms with Crippen LogP contribution in [0.25, 0.3) is 15.7 Å². The number of nitrogens with zero attached hydrogens (tertiary/aromatic N) is 4. The van der Waals surface area contributed by atoms with Gasteiger partial charge >= 0.3 is 0 Å². The van der Waals surface area contributed by atoms with Crippen LogP contribution in [0.4, 0.5) is 0 Å². The van der Waals surface area contributed by atoms with Gasteiger partial charge in [0.05, 0.1) is 0 Å². The molecule has 4 rings (SSSR count). The van der Waals surface area contributed by atoms with Crippen LogP contribution >= 0.6 is 11.3 Å². The highest BCUT2D eigenvalue weighted by Gasteiger charge is 2.26. The number of amides is 1. The minimum absolute atomic E-state index is 0.00838. The third-order valence-corrected chi connectivity index (χ3v) is 5.87.